The van der Waals surface area contributed by atoms with E-state index in [0.29, 0.717) is 0 Å². The van der Waals surface area contributed by atoms with Gasteiger partial charge in [-0.1, -0.05) is 0 Å². The van der Waals surface area contributed by atoms with Crippen LogP contribution < -0.4 is 0 Å². The minimum absolute atomic E-state index is 1.59. The highest BCUT2D eigenvalue weighted by Crippen LogP contribution is 2.54. The largest absolute Gasteiger partial charge is 0.457 e. The van der Waals surface area contributed by atoms with Crippen LogP contribution in [-0.2, 0) is 4.74 Å². The van der Waals surface area contributed by atoms with Crippen LogP contribution in [0.3, 0.4) is 0 Å². The van der Waals surface area contributed by atoms with E-state index in [1.165, 1.54) is 0 Å². The first-order chi connectivity index (χ1) is 8.71. The van der Waals surface area contributed by atoms with E-state index < -0.39 is 35.6 Å². The smallest absolute Gasteiger partial charge is 0.348 e. The van der Waals surface area contributed by atoms with Crippen LogP contribution in [0.25, 0.3) is 0 Å². The topological polar surface area (TPSA) is 29.5 Å². The van der Waals surface area contributed by atoms with Gasteiger partial charge in [-0.15, -0.1) is 0 Å². The fourth-order valence-electron chi connectivity index (χ4n) is 0.686. The normalized spacial score (nSPS) is 20.9. The predicted molar refractivity (Wildman–Crippen MR) is 38.8 cm³/mol. The molecule has 0 saturated heterocycles. The summed E-state index contributed by atoms with van der Waals surface area (Å²) in [6.07, 6.45) is -21.2. The molecular formula is C6HClF12O2. The molecule has 0 rings (SSSR count). The van der Waals surface area contributed by atoms with E-state index in [1.807, 2.05) is 0 Å². The van der Waals surface area contributed by atoms with Gasteiger partial charge in [-0.2, -0.15) is 52.7 Å². The number of ether oxygens (including phenoxy) is 1. The van der Waals surface area contributed by atoms with Crippen LogP contribution in [0.4, 0.5) is 52.7 Å². The molecular weight excluding hydrogens is 367 g/mol. The van der Waals surface area contributed by atoms with Gasteiger partial charge in [0.1, 0.15) is 0 Å². The molecule has 0 spiro atoms. The Labute approximate surface area is 111 Å². The van der Waals surface area contributed by atoms with Crippen molar-refractivity contribution in [2.24, 2.45) is 0 Å². The van der Waals surface area contributed by atoms with Crippen molar-refractivity contribution in [1.82, 2.24) is 0 Å². The average molecular weight is 369 g/mol. The van der Waals surface area contributed by atoms with Crippen LogP contribution >= 0.6 is 11.6 Å². The lowest BCUT2D eigenvalue weighted by Crippen LogP contribution is -2.64. The molecule has 0 aliphatic carbocycles. The molecule has 0 bridgehead atoms. The lowest BCUT2D eigenvalue weighted by molar-refractivity contribution is -0.512. The molecule has 0 aliphatic heterocycles. The van der Waals surface area contributed by atoms with Crippen molar-refractivity contribution >= 4 is 11.6 Å². The third kappa shape index (κ3) is 3.41. The van der Waals surface area contributed by atoms with E-state index >= 15 is 0 Å². The highest BCUT2D eigenvalue weighted by atomic mass is 35.5. The Balaban J connectivity index is 5.89. The van der Waals surface area contributed by atoms with Crippen molar-refractivity contribution < 1.29 is 62.5 Å². The Kier molecular flexibility index (Phi) is 4.79. The maximum absolute atomic E-state index is 12.9. The van der Waals surface area contributed by atoms with Crippen LogP contribution in [0.5, 0.6) is 0 Å². The van der Waals surface area contributed by atoms with E-state index in [2.05, 4.69) is 11.6 Å². The fraction of sp³-hybridized carbons (Fsp3) is 1.00. The van der Waals surface area contributed by atoms with Gasteiger partial charge in [0.2, 0.25) is 0 Å². The van der Waals surface area contributed by atoms with Gasteiger partial charge < -0.3 is 5.11 Å². The molecule has 0 saturated carbocycles. The summed E-state index contributed by atoms with van der Waals surface area (Å²) in [4.78, 5) is 0. The fourth-order valence-corrected chi connectivity index (χ4v) is 0.831. The lowest BCUT2D eigenvalue weighted by atomic mass is 10.2. The van der Waals surface area contributed by atoms with E-state index in [4.69, 9.17) is 5.11 Å². The first-order valence-electron chi connectivity index (χ1n) is 4.09. The number of halogens is 13. The summed E-state index contributed by atoms with van der Waals surface area (Å²) in [6.45, 7) is 0. The van der Waals surface area contributed by atoms with Crippen LogP contribution in [0.15, 0.2) is 0 Å². The highest BCUT2D eigenvalue weighted by Gasteiger charge is 2.81. The van der Waals surface area contributed by atoms with Gasteiger partial charge in [0.05, 0.1) is 0 Å². The highest BCUT2D eigenvalue weighted by molar-refractivity contribution is 6.22. The first kappa shape index (κ1) is 20.4. The molecule has 0 aliphatic rings. The summed E-state index contributed by atoms with van der Waals surface area (Å²) < 4.78 is 147. The first-order valence-corrected chi connectivity index (χ1v) is 4.47. The number of alkyl halides is 13. The molecule has 2 unspecified atom stereocenters. The molecule has 0 aromatic rings. The van der Waals surface area contributed by atoms with E-state index in [9.17, 15) is 52.7 Å². The molecule has 0 aromatic heterocycles. The van der Waals surface area contributed by atoms with E-state index in [0.717, 1.165) is 0 Å². The molecule has 15 heteroatoms. The van der Waals surface area contributed by atoms with Gasteiger partial charge in [0, 0.05) is 0 Å². The summed E-state index contributed by atoms with van der Waals surface area (Å²) in [5.74, 6) is -13.8. The zero-order valence-electron chi connectivity index (χ0n) is 8.77. The van der Waals surface area contributed by atoms with Gasteiger partial charge in [0.25, 0.3) is 0 Å². The van der Waals surface area contributed by atoms with Crippen molar-refractivity contribution in [1.29, 1.82) is 0 Å². The monoisotopic (exact) mass is 368 g/mol. The average Bonchev–Trinajstić information content (AvgIpc) is 2.10. The Bertz CT molecular complexity index is 365. The maximum atomic E-state index is 12.9. The molecule has 2 nitrogen and oxygen atoms in total. The van der Waals surface area contributed by atoms with Crippen molar-refractivity contribution in [3.05, 3.63) is 0 Å². The van der Waals surface area contributed by atoms with E-state index in [1.54, 1.807) is 4.74 Å². The summed E-state index contributed by atoms with van der Waals surface area (Å²) in [5, 5.41) is 1.41. The number of aliphatic hydroxyl groups is 1. The van der Waals surface area contributed by atoms with Crippen molar-refractivity contribution in [2.45, 2.75) is 35.6 Å². The molecule has 0 amide bonds. The van der Waals surface area contributed by atoms with E-state index in [-0.39, 0.29) is 0 Å². The van der Waals surface area contributed by atoms with Gasteiger partial charge in [-0.05, 0) is 11.6 Å². The second kappa shape index (κ2) is 4.94. The van der Waals surface area contributed by atoms with Crippen LogP contribution in [0.1, 0.15) is 0 Å². The minimum Gasteiger partial charge on any atom is -0.348 e. The Morgan fingerprint density at radius 1 is 0.667 bits per heavy atom. The minimum atomic E-state index is -7.12. The quantitative estimate of drug-likeness (QED) is 0.603. The molecule has 0 aromatic carbocycles. The molecule has 1 N–H and O–H groups in total. The molecule has 0 radical (unpaired) electrons. The van der Waals surface area contributed by atoms with Gasteiger partial charge in [-0.3, -0.25) is 4.74 Å². The Morgan fingerprint density at radius 3 is 1.19 bits per heavy atom. The third-order valence-electron chi connectivity index (χ3n) is 1.76. The van der Waals surface area contributed by atoms with Gasteiger partial charge in [-0.25, -0.2) is 0 Å². The summed E-state index contributed by atoms with van der Waals surface area (Å²) >= 11 is 3.52. The van der Waals surface area contributed by atoms with Gasteiger partial charge in [0.15, 0.2) is 0 Å². The zero-order valence-corrected chi connectivity index (χ0v) is 9.52. The standard InChI is InChI=1S/C6HClF12O2/c7-3(10,11)2(9,5(15,16)17)21-6(18,19)1(8,20)4(12,13)14/h20H. The zero-order chi connectivity index (χ0) is 17.7. The summed E-state index contributed by atoms with van der Waals surface area (Å²) in [6, 6.07) is 0. The molecule has 0 fully saturated rings. The molecule has 2 atom stereocenters. The predicted octanol–water partition coefficient (Wildman–Crippen LogP) is 3.88. The second-order valence-corrected chi connectivity index (χ2v) is 3.80. The lowest BCUT2D eigenvalue weighted by Gasteiger charge is -2.37. The van der Waals surface area contributed by atoms with Crippen LogP contribution in [0.2, 0.25) is 0 Å². The van der Waals surface area contributed by atoms with Crippen molar-refractivity contribution in [2.75, 3.05) is 0 Å². The Hall–Kier alpha value is -0.630. The second-order valence-electron chi connectivity index (χ2n) is 3.33. The third-order valence-corrected chi connectivity index (χ3v) is 2.00. The Morgan fingerprint density at radius 2 is 1.00 bits per heavy atom. The molecule has 128 valence electrons. The number of hydrogen-bond acceptors (Lipinski definition) is 2. The number of rotatable bonds is 4. The number of hydrogen-bond donors (Lipinski definition) is 1. The molecule has 0 heterocycles. The van der Waals surface area contributed by atoms with Crippen molar-refractivity contribution in [3.63, 3.8) is 0 Å². The SMILES string of the molecule is OC(F)(C(F)(F)F)C(F)(F)OC(F)(C(F)(F)F)C(F)(F)Cl. The van der Waals surface area contributed by atoms with Crippen molar-refractivity contribution in [3.8, 4) is 0 Å². The van der Waals surface area contributed by atoms with Gasteiger partial charge >= 0.3 is 35.6 Å². The van der Waals surface area contributed by atoms with Crippen LogP contribution in [0, 0.1) is 0 Å². The maximum Gasteiger partial charge on any atom is 0.457 e. The summed E-state index contributed by atoms with van der Waals surface area (Å²) in [7, 11) is 0. The molecule has 21 heavy (non-hydrogen) atoms. The van der Waals surface area contributed by atoms with Crippen LogP contribution in [-0.4, -0.2) is 40.7 Å². The summed E-state index contributed by atoms with van der Waals surface area (Å²) in [5.41, 5.74) is 0.